The Bertz CT molecular complexity index is 222. The number of amides is 1. The molecule has 0 aliphatic carbocycles. The molecule has 0 aromatic carbocycles. The van der Waals surface area contributed by atoms with Crippen LogP contribution in [0.5, 0.6) is 0 Å². The Morgan fingerprint density at radius 2 is 2.17 bits per heavy atom. The monoisotopic (exact) mass is 171 g/mol. The maximum Gasteiger partial charge on any atom is 0.410 e. The third-order valence-corrected chi connectivity index (χ3v) is 2.31. The van der Waals surface area contributed by atoms with Crippen LogP contribution >= 0.6 is 0 Å². The smallest absolute Gasteiger partial charge is 0.410 e. The molecule has 0 unspecified atom stereocenters. The quantitative estimate of drug-likeness (QED) is 0.541. The molecular weight excluding hydrogens is 158 g/mol. The number of ether oxygens (including phenoxy) is 1. The number of methoxy groups -OCH3 is 1. The van der Waals surface area contributed by atoms with Gasteiger partial charge in [0, 0.05) is 13.0 Å². The van der Waals surface area contributed by atoms with Crippen LogP contribution < -0.4 is 0 Å². The number of Topliss-reactive ketones (excluding diaryl/α,β-unsaturated/α-hetero) is 1. The minimum Gasteiger partial charge on any atom is -0.453 e. The molecule has 1 rings (SSSR count). The van der Waals surface area contributed by atoms with Crippen molar-refractivity contribution in [1.29, 1.82) is 0 Å². The first-order valence-electron chi connectivity index (χ1n) is 3.89. The van der Waals surface area contributed by atoms with E-state index in [9.17, 15) is 9.59 Å². The fraction of sp³-hybridized carbons (Fsp3) is 0.750. The molecule has 0 aromatic rings. The van der Waals surface area contributed by atoms with Crippen molar-refractivity contribution in [2.75, 3.05) is 13.7 Å². The maximum atomic E-state index is 11.3. The molecule has 1 amide bonds. The highest BCUT2D eigenvalue weighted by Crippen LogP contribution is 2.25. The summed E-state index contributed by atoms with van der Waals surface area (Å²) in [5.74, 6) is 0.0906. The van der Waals surface area contributed by atoms with Gasteiger partial charge in [-0.15, -0.1) is 0 Å². The number of ketones is 1. The minimum absolute atomic E-state index is 0.0906. The molecular formula is C8H13NO3. The summed E-state index contributed by atoms with van der Waals surface area (Å²) in [6.45, 7) is 3.94. The number of hydrogen-bond donors (Lipinski definition) is 0. The first kappa shape index (κ1) is 9.03. The molecule has 4 heteroatoms. The Morgan fingerprint density at radius 3 is 2.50 bits per heavy atom. The molecule has 68 valence electrons. The van der Waals surface area contributed by atoms with Gasteiger partial charge >= 0.3 is 6.09 Å². The molecule has 0 atom stereocenters. The van der Waals surface area contributed by atoms with Gasteiger partial charge in [0.15, 0.2) is 5.78 Å². The number of hydrogen-bond acceptors (Lipinski definition) is 3. The summed E-state index contributed by atoms with van der Waals surface area (Å²) in [6.07, 6.45) is 0.00750. The van der Waals surface area contributed by atoms with E-state index in [1.165, 1.54) is 12.0 Å². The summed E-state index contributed by atoms with van der Waals surface area (Å²) < 4.78 is 4.55. The molecule has 4 nitrogen and oxygen atoms in total. The molecule has 1 aliphatic heterocycles. The van der Waals surface area contributed by atoms with Crippen molar-refractivity contribution in [2.45, 2.75) is 25.8 Å². The molecule has 0 N–H and O–H groups in total. The van der Waals surface area contributed by atoms with E-state index in [0.717, 1.165) is 0 Å². The molecule has 1 aliphatic rings. The van der Waals surface area contributed by atoms with Gasteiger partial charge in [0.1, 0.15) is 0 Å². The van der Waals surface area contributed by atoms with E-state index in [4.69, 9.17) is 0 Å². The summed E-state index contributed by atoms with van der Waals surface area (Å²) in [7, 11) is 1.32. The van der Waals surface area contributed by atoms with Crippen molar-refractivity contribution in [3.8, 4) is 0 Å². The zero-order chi connectivity index (χ0) is 9.35. The Kier molecular flexibility index (Phi) is 2.08. The number of nitrogens with zero attached hydrogens (tertiary/aromatic N) is 1. The molecule has 0 spiro atoms. The Morgan fingerprint density at radius 1 is 1.58 bits per heavy atom. The van der Waals surface area contributed by atoms with Gasteiger partial charge in [0.05, 0.1) is 12.6 Å². The second kappa shape index (κ2) is 2.77. The van der Waals surface area contributed by atoms with Gasteiger partial charge < -0.3 is 4.74 Å². The van der Waals surface area contributed by atoms with Crippen molar-refractivity contribution in [3.63, 3.8) is 0 Å². The molecule has 0 aromatic heterocycles. The number of rotatable bonds is 0. The Hall–Kier alpha value is -1.06. The van der Waals surface area contributed by atoms with Gasteiger partial charge in [-0.05, 0) is 13.8 Å². The van der Waals surface area contributed by atoms with Gasteiger partial charge in [0.2, 0.25) is 0 Å². The number of likely N-dealkylation sites (tertiary alicyclic amines) is 1. The highest BCUT2D eigenvalue weighted by Gasteiger charge is 2.43. The summed E-state index contributed by atoms with van der Waals surface area (Å²) in [6, 6.07) is 0. The molecule has 1 heterocycles. The van der Waals surface area contributed by atoms with Gasteiger partial charge in [-0.25, -0.2) is 4.79 Å². The normalized spacial score (nSPS) is 21.2. The lowest BCUT2D eigenvalue weighted by molar-refractivity contribution is -0.123. The zero-order valence-electron chi connectivity index (χ0n) is 7.59. The van der Waals surface area contributed by atoms with Gasteiger partial charge in [-0.1, -0.05) is 0 Å². The van der Waals surface area contributed by atoms with Crippen LogP contribution in [0.15, 0.2) is 0 Å². The van der Waals surface area contributed by atoms with E-state index in [1.54, 1.807) is 13.8 Å². The van der Waals surface area contributed by atoms with Gasteiger partial charge in [-0.2, -0.15) is 0 Å². The highest BCUT2D eigenvalue weighted by molar-refractivity contribution is 5.93. The molecule has 0 radical (unpaired) electrons. The fourth-order valence-electron chi connectivity index (χ4n) is 1.38. The SMILES string of the molecule is COC(=O)N1CCC(=O)C1(C)C. The second-order valence-electron chi connectivity index (χ2n) is 3.35. The lowest BCUT2D eigenvalue weighted by atomic mass is 10.0. The van der Waals surface area contributed by atoms with Crippen molar-refractivity contribution < 1.29 is 14.3 Å². The summed E-state index contributed by atoms with van der Waals surface area (Å²) in [4.78, 5) is 23.9. The van der Waals surface area contributed by atoms with E-state index in [0.29, 0.717) is 13.0 Å². The lowest BCUT2D eigenvalue weighted by Crippen LogP contribution is -2.46. The molecule has 12 heavy (non-hydrogen) atoms. The van der Waals surface area contributed by atoms with E-state index in [1.807, 2.05) is 0 Å². The fourth-order valence-corrected chi connectivity index (χ4v) is 1.38. The lowest BCUT2D eigenvalue weighted by Gasteiger charge is -2.28. The standard InChI is InChI=1S/C8H13NO3/c1-8(2)6(10)4-5-9(8)7(11)12-3/h4-5H2,1-3H3. The van der Waals surface area contributed by atoms with Crippen LogP contribution in [0.25, 0.3) is 0 Å². The van der Waals surface area contributed by atoms with E-state index >= 15 is 0 Å². The van der Waals surface area contributed by atoms with E-state index in [-0.39, 0.29) is 5.78 Å². The second-order valence-corrected chi connectivity index (χ2v) is 3.35. The summed E-state index contributed by atoms with van der Waals surface area (Å²) in [5.41, 5.74) is -0.687. The summed E-state index contributed by atoms with van der Waals surface area (Å²) in [5, 5.41) is 0. The molecule has 1 saturated heterocycles. The Labute approximate surface area is 71.5 Å². The predicted molar refractivity (Wildman–Crippen MR) is 42.8 cm³/mol. The predicted octanol–water partition coefficient (Wildman–Crippen LogP) is 0.806. The first-order chi connectivity index (χ1) is 5.50. The number of carbonyl (C=O) groups is 2. The van der Waals surface area contributed by atoms with Crippen LogP contribution in [0, 0.1) is 0 Å². The molecule has 0 saturated carbocycles. The Balaban J connectivity index is 2.81. The van der Waals surface area contributed by atoms with Crippen LogP contribution in [0.3, 0.4) is 0 Å². The average molecular weight is 171 g/mol. The van der Waals surface area contributed by atoms with Crippen LogP contribution in [-0.2, 0) is 9.53 Å². The third-order valence-electron chi connectivity index (χ3n) is 2.31. The zero-order valence-corrected chi connectivity index (χ0v) is 7.59. The van der Waals surface area contributed by atoms with Crippen LogP contribution in [0.1, 0.15) is 20.3 Å². The largest absolute Gasteiger partial charge is 0.453 e. The summed E-state index contributed by atoms with van der Waals surface area (Å²) >= 11 is 0. The first-order valence-corrected chi connectivity index (χ1v) is 3.89. The topological polar surface area (TPSA) is 46.6 Å². The maximum absolute atomic E-state index is 11.3. The molecule has 1 fully saturated rings. The third kappa shape index (κ3) is 1.17. The van der Waals surface area contributed by atoms with Crippen molar-refractivity contribution in [3.05, 3.63) is 0 Å². The van der Waals surface area contributed by atoms with Crippen LogP contribution in [-0.4, -0.2) is 36.0 Å². The van der Waals surface area contributed by atoms with E-state index in [2.05, 4.69) is 4.74 Å². The van der Waals surface area contributed by atoms with Gasteiger partial charge in [0.25, 0.3) is 0 Å². The highest BCUT2D eigenvalue weighted by atomic mass is 16.5. The van der Waals surface area contributed by atoms with Gasteiger partial charge in [-0.3, -0.25) is 9.69 Å². The van der Waals surface area contributed by atoms with Crippen molar-refractivity contribution in [2.24, 2.45) is 0 Å². The number of carbonyl (C=O) groups excluding carboxylic acids is 2. The van der Waals surface area contributed by atoms with Crippen molar-refractivity contribution in [1.82, 2.24) is 4.90 Å². The molecule has 0 bridgehead atoms. The van der Waals surface area contributed by atoms with Crippen LogP contribution in [0.4, 0.5) is 4.79 Å². The minimum atomic E-state index is -0.687. The van der Waals surface area contributed by atoms with E-state index < -0.39 is 11.6 Å². The van der Waals surface area contributed by atoms with Crippen LogP contribution in [0.2, 0.25) is 0 Å². The average Bonchev–Trinajstić information content (AvgIpc) is 2.27. The van der Waals surface area contributed by atoms with Crippen molar-refractivity contribution >= 4 is 11.9 Å².